The Bertz CT molecular complexity index is 765. The minimum absolute atomic E-state index is 0.0476. The normalized spacial score (nSPS) is 11.2. The molecule has 2 aromatic rings. The molecule has 0 aliphatic carbocycles. The van der Waals surface area contributed by atoms with Crippen molar-refractivity contribution in [1.29, 1.82) is 0 Å². The quantitative estimate of drug-likeness (QED) is 0.790. The first-order valence-electron chi connectivity index (χ1n) is 6.91. The molecule has 0 saturated carbocycles. The van der Waals surface area contributed by atoms with Crippen molar-refractivity contribution in [3.63, 3.8) is 0 Å². The van der Waals surface area contributed by atoms with Gasteiger partial charge < -0.3 is 14.5 Å². The molecule has 1 aromatic carbocycles. The van der Waals surface area contributed by atoms with E-state index in [1.165, 1.54) is 19.2 Å². The minimum Gasteiger partial charge on any atom is -0.497 e. The van der Waals surface area contributed by atoms with Crippen molar-refractivity contribution in [1.82, 2.24) is 10.0 Å². The number of amides is 1. The Kier molecular flexibility index (Phi) is 5.41. The van der Waals surface area contributed by atoms with Crippen LogP contribution >= 0.6 is 0 Å². The number of carbonyl (C=O) groups is 1. The van der Waals surface area contributed by atoms with Crippen molar-refractivity contribution >= 4 is 15.9 Å². The maximum Gasteiger partial charge on any atom is 0.287 e. The molecule has 0 atom stereocenters. The summed E-state index contributed by atoms with van der Waals surface area (Å²) in [6, 6.07) is 10.1. The second-order valence-corrected chi connectivity index (χ2v) is 6.50. The molecule has 0 saturated heterocycles. The summed E-state index contributed by atoms with van der Waals surface area (Å²) in [5, 5.41) is 2.39. The fourth-order valence-corrected chi connectivity index (χ4v) is 2.53. The van der Waals surface area contributed by atoms with Crippen molar-refractivity contribution in [2.75, 3.05) is 20.7 Å². The van der Waals surface area contributed by atoms with Gasteiger partial charge in [-0.2, -0.15) is 0 Å². The number of carbonyl (C=O) groups excluding carboxylic acids is 1. The van der Waals surface area contributed by atoms with Crippen LogP contribution in [0, 0.1) is 0 Å². The predicted molar refractivity (Wildman–Crippen MR) is 84.0 cm³/mol. The summed E-state index contributed by atoms with van der Waals surface area (Å²) in [6.45, 7) is 0.403. The van der Waals surface area contributed by atoms with Crippen molar-refractivity contribution < 1.29 is 22.4 Å². The van der Waals surface area contributed by atoms with Gasteiger partial charge in [0.1, 0.15) is 5.75 Å². The molecule has 2 rings (SSSR count). The lowest BCUT2D eigenvalue weighted by atomic mass is 10.1. The maximum atomic E-state index is 11.9. The highest BCUT2D eigenvalue weighted by atomic mass is 32.2. The first kappa shape index (κ1) is 17.0. The standard InChI is InChI=1S/C15H18N2O5S/c1-16-23(19,20)14-8-7-13(22-14)15(18)17-10-9-11-3-5-12(21-2)6-4-11/h3-8,16H,9-10H2,1-2H3,(H,17,18). The molecule has 8 heteroatoms. The molecule has 124 valence electrons. The number of hydrogen-bond donors (Lipinski definition) is 2. The molecule has 0 spiro atoms. The van der Waals surface area contributed by atoms with Crippen LogP contribution in [-0.4, -0.2) is 35.0 Å². The number of rotatable bonds is 7. The van der Waals surface area contributed by atoms with Gasteiger partial charge >= 0.3 is 0 Å². The van der Waals surface area contributed by atoms with Crippen molar-refractivity contribution in [3.8, 4) is 5.75 Å². The van der Waals surface area contributed by atoms with Gasteiger partial charge in [-0.05, 0) is 43.3 Å². The number of methoxy groups -OCH3 is 1. The van der Waals surface area contributed by atoms with E-state index in [1.54, 1.807) is 7.11 Å². The Morgan fingerprint density at radius 3 is 2.48 bits per heavy atom. The number of nitrogens with one attached hydrogen (secondary N) is 2. The average molecular weight is 338 g/mol. The highest BCUT2D eigenvalue weighted by Gasteiger charge is 2.19. The van der Waals surface area contributed by atoms with Gasteiger partial charge in [-0.15, -0.1) is 0 Å². The first-order valence-corrected chi connectivity index (χ1v) is 8.39. The Hall–Kier alpha value is -2.32. The van der Waals surface area contributed by atoms with E-state index in [9.17, 15) is 13.2 Å². The van der Waals surface area contributed by atoms with E-state index in [0.29, 0.717) is 13.0 Å². The summed E-state index contributed by atoms with van der Waals surface area (Å²) in [5.41, 5.74) is 1.05. The van der Waals surface area contributed by atoms with Gasteiger partial charge in [-0.25, -0.2) is 13.1 Å². The molecule has 2 N–H and O–H groups in total. The van der Waals surface area contributed by atoms with Crippen LogP contribution in [-0.2, 0) is 16.4 Å². The number of sulfonamides is 1. The molecule has 1 heterocycles. The van der Waals surface area contributed by atoms with E-state index >= 15 is 0 Å². The molecular formula is C15H18N2O5S. The monoisotopic (exact) mass is 338 g/mol. The summed E-state index contributed by atoms with van der Waals surface area (Å²) >= 11 is 0. The van der Waals surface area contributed by atoms with Crippen LogP contribution in [0.3, 0.4) is 0 Å². The largest absolute Gasteiger partial charge is 0.497 e. The van der Waals surface area contributed by atoms with Gasteiger partial charge in [-0.3, -0.25) is 4.79 Å². The Balaban J connectivity index is 1.89. The van der Waals surface area contributed by atoms with Crippen LogP contribution < -0.4 is 14.8 Å². The van der Waals surface area contributed by atoms with Gasteiger partial charge in [0.15, 0.2) is 5.76 Å². The molecule has 0 fully saturated rings. The molecular weight excluding hydrogens is 320 g/mol. The zero-order chi connectivity index (χ0) is 16.9. The maximum absolute atomic E-state index is 11.9. The van der Waals surface area contributed by atoms with Crippen LogP contribution in [0.5, 0.6) is 5.75 Å². The Labute approximate surface area is 134 Å². The molecule has 1 aromatic heterocycles. The molecule has 1 amide bonds. The molecule has 0 aliphatic heterocycles. The summed E-state index contributed by atoms with van der Waals surface area (Å²) < 4.78 is 35.3. The van der Waals surface area contributed by atoms with Crippen LogP contribution in [0.25, 0.3) is 0 Å². The zero-order valence-corrected chi connectivity index (χ0v) is 13.6. The average Bonchev–Trinajstić information content (AvgIpc) is 3.06. The van der Waals surface area contributed by atoms with Crippen LogP contribution in [0.15, 0.2) is 45.9 Å². The van der Waals surface area contributed by atoms with Gasteiger partial charge in [0.2, 0.25) is 5.09 Å². The second-order valence-electron chi connectivity index (χ2n) is 4.68. The summed E-state index contributed by atoms with van der Waals surface area (Å²) in [7, 11) is -0.821. The Morgan fingerprint density at radius 1 is 1.17 bits per heavy atom. The number of benzene rings is 1. The topological polar surface area (TPSA) is 97.6 Å². The lowest BCUT2D eigenvalue weighted by Crippen LogP contribution is -2.25. The Morgan fingerprint density at radius 2 is 1.87 bits per heavy atom. The van der Waals surface area contributed by atoms with Crippen LogP contribution in [0.4, 0.5) is 0 Å². The lowest BCUT2D eigenvalue weighted by molar-refractivity contribution is 0.0921. The van der Waals surface area contributed by atoms with Gasteiger partial charge in [0, 0.05) is 6.54 Å². The SMILES string of the molecule is CNS(=O)(=O)c1ccc(C(=O)NCCc2ccc(OC)cc2)o1. The van der Waals surface area contributed by atoms with Crippen LogP contribution in [0.1, 0.15) is 16.1 Å². The summed E-state index contributed by atoms with van der Waals surface area (Å²) in [4.78, 5) is 11.9. The second kappa shape index (κ2) is 7.30. The number of ether oxygens (including phenoxy) is 1. The molecule has 23 heavy (non-hydrogen) atoms. The van der Waals surface area contributed by atoms with E-state index in [2.05, 4.69) is 10.0 Å². The van der Waals surface area contributed by atoms with E-state index in [-0.39, 0.29) is 10.9 Å². The highest BCUT2D eigenvalue weighted by molar-refractivity contribution is 7.89. The third-order valence-electron chi connectivity index (χ3n) is 3.20. The van der Waals surface area contributed by atoms with E-state index in [1.807, 2.05) is 24.3 Å². The third kappa shape index (κ3) is 4.33. The van der Waals surface area contributed by atoms with E-state index in [0.717, 1.165) is 11.3 Å². The van der Waals surface area contributed by atoms with E-state index in [4.69, 9.17) is 9.15 Å². The van der Waals surface area contributed by atoms with Crippen molar-refractivity contribution in [2.24, 2.45) is 0 Å². The van der Waals surface area contributed by atoms with Crippen LogP contribution in [0.2, 0.25) is 0 Å². The highest BCUT2D eigenvalue weighted by Crippen LogP contribution is 2.14. The molecule has 0 radical (unpaired) electrons. The fourth-order valence-electron chi connectivity index (χ4n) is 1.89. The predicted octanol–water partition coefficient (Wildman–Crippen LogP) is 1.17. The third-order valence-corrected chi connectivity index (χ3v) is 4.48. The zero-order valence-electron chi connectivity index (χ0n) is 12.8. The van der Waals surface area contributed by atoms with Gasteiger partial charge in [0.25, 0.3) is 15.9 Å². The van der Waals surface area contributed by atoms with Crippen molar-refractivity contribution in [2.45, 2.75) is 11.5 Å². The fraction of sp³-hybridized carbons (Fsp3) is 0.267. The summed E-state index contributed by atoms with van der Waals surface area (Å²) in [5.74, 6) is 0.260. The van der Waals surface area contributed by atoms with Crippen molar-refractivity contribution in [3.05, 3.63) is 47.7 Å². The first-order chi connectivity index (χ1) is 11.0. The molecule has 0 bridgehead atoms. The smallest absolute Gasteiger partial charge is 0.287 e. The molecule has 0 aliphatic rings. The number of furan rings is 1. The van der Waals surface area contributed by atoms with Gasteiger partial charge in [0.05, 0.1) is 7.11 Å². The van der Waals surface area contributed by atoms with E-state index < -0.39 is 15.9 Å². The minimum atomic E-state index is -3.69. The lowest BCUT2D eigenvalue weighted by Gasteiger charge is -2.05. The summed E-state index contributed by atoms with van der Waals surface area (Å²) in [6.07, 6.45) is 0.637. The van der Waals surface area contributed by atoms with Gasteiger partial charge in [-0.1, -0.05) is 12.1 Å². The molecule has 7 nitrogen and oxygen atoms in total. The molecule has 0 unspecified atom stereocenters. The number of hydrogen-bond acceptors (Lipinski definition) is 5.